The lowest BCUT2D eigenvalue weighted by Crippen LogP contribution is -2.57. The van der Waals surface area contributed by atoms with Gasteiger partial charge in [0.2, 0.25) is 5.78 Å². The molecule has 0 spiro atoms. The van der Waals surface area contributed by atoms with Crippen molar-refractivity contribution in [1.82, 2.24) is 4.90 Å². The van der Waals surface area contributed by atoms with Gasteiger partial charge in [0.1, 0.15) is 22.8 Å². The Morgan fingerprint density at radius 1 is 1.13 bits per heavy atom. The molecule has 6 rings (SSSR count). The average molecular weight is 535 g/mol. The zero-order valence-electron chi connectivity index (χ0n) is 21.3. The Morgan fingerprint density at radius 3 is 2.54 bits per heavy atom. The summed E-state index contributed by atoms with van der Waals surface area (Å²) >= 11 is 0. The van der Waals surface area contributed by atoms with Gasteiger partial charge in [-0.15, -0.1) is 0 Å². The van der Waals surface area contributed by atoms with Gasteiger partial charge in [0, 0.05) is 35.6 Å². The molecule has 0 bridgehead atoms. The molecule has 1 aromatic carbocycles. The zero-order chi connectivity index (χ0) is 27.6. The van der Waals surface area contributed by atoms with Crippen molar-refractivity contribution in [3.8, 4) is 16.9 Å². The smallest absolute Gasteiger partial charge is 0.255 e. The number of phenolic OH excluding ortho intramolecular Hbond substituents is 1. The molecular formula is C29H30N2O8. The van der Waals surface area contributed by atoms with Crippen LogP contribution in [0.5, 0.6) is 5.75 Å². The average Bonchev–Trinajstić information content (AvgIpc) is 3.43. The van der Waals surface area contributed by atoms with Crippen LogP contribution in [-0.2, 0) is 22.6 Å². The first kappa shape index (κ1) is 25.4. The summed E-state index contributed by atoms with van der Waals surface area (Å²) in [6, 6.07) is 3.66. The number of nitrogens with two attached hydrogens (primary N) is 1. The van der Waals surface area contributed by atoms with Crippen molar-refractivity contribution in [2.75, 3.05) is 13.1 Å². The monoisotopic (exact) mass is 534 g/mol. The highest BCUT2D eigenvalue weighted by Gasteiger charge is 2.59. The predicted octanol–water partition coefficient (Wildman–Crippen LogP) is 2.83. The lowest BCUT2D eigenvalue weighted by Gasteiger charge is -2.45. The molecule has 2 heterocycles. The Morgan fingerprint density at radius 2 is 1.87 bits per heavy atom. The molecule has 1 fully saturated rings. The van der Waals surface area contributed by atoms with Crippen LogP contribution in [0.3, 0.4) is 0 Å². The van der Waals surface area contributed by atoms with E-state index in [0.29, 0.717) is 17.7 Å². The van der Waals surface area contributed by atoms with E-state index in [9.17, 15) is 34.8 Å². The largest absolute Gasteiger partial charge is 0.511 e. The van der Waals surface area contributed by atoms with Crippen LogP contribution in [0.1, 0.15) is 53.6 Å². The first-order chi connectivity index (χ1) is 18.6. The number of hydrogen-bond acceptors (Lipinski definition) is 9. The fourth-order valence-electron chi connectivity index (χ4n) is 6.90. The molecular weight excluding hydrogens is 504 g/mol. The Kier molecular flexibility index (Phi) is 5.92. The highest BCUT2D eigenvalue weighted by Crippen LogP contribution is 2.53. The van der Waals surface area contributed by atoms with Crippen LogP contribution in [0.4, 0.5) is 0 Å². The van der Waals surface area contributed by atoms with Gasteiger partial charge in [-0.1, -0.05) is 6.42 Å². The van der Waals surface area contributed by atoms with E-state index in [1.54, 1.807) is 12.3 Å². The lowest BCUT2D eigenvalue weighted by molar-refractivity contribution is -0.144. The number of Topliss-reactive ketones (excluding diaryl/α,β-unsaturated/α-hetero) is 2. The maximum atomic E-state index is 14.1. The van der Waals surface area contributed by atoms with Crippen LogP contribution < -0.4 is 5.73 Å². The molecule has 0 radical (unpaired) electrons. The van der Waals surface area contributed by atoms with E-state index < -0.39 is 52.0 Å². The van der Waals surface area contributed by atoms with Crippen molar-refractivity contribution in [3.05, 3.63) is 64.0 Å². The molecule has 204 valence electrons. The summed E-state index contributed by atoms with van der Waals surface area (Å²) in [7, 11) is 0. The van der Waals surface area contributed by atoms with Crippen LogP contribution in [0, 0.1) is 11.8 Å². The number of primary amides is 1. The second kappa shape index (κ2) is 9.10. The topological polar surface area (TPSA) is 175 Å². The number of phenols is 1. The lowest BCUT2D eigenvalue weighted by atomic mass is 9.60. The molecule has 10 nitrogen and oxygen atoms in total. The number of nitrogens with zero attached hydrogens (tertiary/aromatic N) is 1. The summed E-state index contributed by atoms with van der Waals surface area (Å²) < 4.78 is 5.32. The maximum absolute atomic E-state index is 14.1. The minimum Gasteiger partial charge on any atom is -0.511 e. The number of hydrogen-bond donors (Lipinski definition) is 5. The van der Waals surface area contributed by atoms with E-state index in [2.05, 4.69) is 4.90 Å². The standard InChI is InChI=1S/C29H30N2O8/c30-28(37)23-20(32)11-17-8-15-9-19-18(14-4-7-39-13-14)10-16(12-31-5-2-1-3-6-31)24(33)22(19)25(34)21(15)26(35)29(17,38)27(23)36/h4,7,10,13,15,17,32-33,35,38H,1-3,5-6,8-9,11-12H2,(H2,30,37)/t15?,17?,29-/m0/s1. The number of fused-ring (bicyclic) bond motifs is 3. The number of likely N-dealkylation sites (tertiary alicyclic amines) is 1. The van der Waals surface area contributed by atoms with Gasteiger partial charge in [-0.25, -0.2) is 0 Å². The molecule has 6 N–H and O–H groups in total. The van der Waals surface area contributed by atoms with Gasteiger partial charge in [-0.05, 0) is 68.0 Å². The SMILES string of the molecule is NC(=O)C1=C(O)CC2CC3Cc4c(-c5ccoc5)cc(CN5CCCCC5)c(O)c4C(=O)C3=C(O)[C@]2(O)C1=O. The molecule has 1 aromatic heterocycles. The molecule has 0 saturated carbocycles. The number of aliphatic hydroxyl groups excluding tert-OH is 2. The molecule has 1 saturated heterocycles. The highest BCUT2D eigenvalue weighted by molar-refractivity contribution is 6.24. The van der Waals surface area contributed by atoms with E-state index in [1.807, 2.05) is 6.07 Å². The highest BCUT2D eigenvalue weighted by atomic mass is 16.3. The van der Waals surface area contributed by atoms with Gasteiger partial charge in [0.15, 0.2) is 11.4 Å². The molecule has 10 heteroatoms. The number of aromatic hydroxyl groups is 1. The van der Waals surface area contributed by atoms with E-state index in [1.165, 1.54) is 6.26 Å². The summed E-state index contributed by atoms with van der Waals surface area (Å²) in [6.07, 6.45) is 6.41. The maximum Gasteiger partial charge on any atom is 0.255 e. The van der Waals surface area contributed by atoms with Crippen molar-refractivity contribution < 1.29 is 39.2 Å². The molecule has 3 atom stereocenters. The van der Waals surface area contributed by atoms with Gasteiger partial charge < -0.3 is 30.6 Å². The number of carbonyl (C=O) groups is 3. The van der Waals surface area contributed by atoms with Crippen molar-refractivity contribution in [2.45, 2.75) is 50.7 Å². The predicted molar refractivity (Wildman–Crippen MR) is 138 cm³/mol. The number of ketones is 2. The summed E-state index contributed by atoms with van der Waals surface area (Å²) in [6.45, 7) is 2.18. The number of aliphatic hydroxyl groups is 3. The van der Waals surface area contributed by atoms with Gasteiger partial charge in [0.05, 0.1) is 18.1 Å². The zero-order valence-corrected chi connectivity index (χ0v) is 21.3. The molecule has 2 unspecified atom stereocenters. The van der Waals surface area contributed by atoms with Crippen LogP contribution in [0.15, 0.2) is 51.7 Å². The number of benzene rings is 1. The number of rotatable bonds is 4. The van der Waals surface area contributed by atoms with Crippen molar-refractivity contribution in [2.24, 2.45) is 17.6 Å². The first-order valence-corrected chi connectivity index (χ1v) is 13.2. The minimum atomic E-state index is -2.58. The van der Waals surface area contributed by atoms with E-state index in [4.69, 9.17) is 10.2 Å². The van der Waals surface area contributed by atoms with E-state index >= 15 is 0 Å². The third-order valence-electron chi connectivity index (χ3n) is 8.82. The molecule has 39 heavy (non-hydrogen) atoms. The first-order valence-electron chi connectivity index (χ1n) is 13.2. The number of furan rings is 1. The van der Waals surface area contributed by atoms with Crippen LogP contribution in [-0.4, -0.2) is 61.5 Å². The normalized spacial score (nSPS) is 27.3. The fourth-order valence-corrected chi connectivity index (χ4v) is 6.90. The number of carbonyl (C=O) groups excluding carboxylic acids is 3. The summed E-state index contributed by atoms with van der Waals surface area (Å²) in [4.78, 5) is 41.3. The third kappa shape index (κ3) is 3.73. The molecule has 1 amide bonds. The molecule has 4 aliphatic rings. The Balaban J connectivity index is 1.50. The van der Waals surface area contributed by atoms with Crippen LogP contribution in [0.2, 0.25) is 0 Å². The van der Waals surface area contributed by atoms with Gasteiger partial charge in [-0.3, -0.25) is 19.3 Å². The van der Waals surface area contributed by atoms with E-state index in [0.717, 1.165) is 43.5 Å². The quantitative estimate of drug-likeness (QED) is 0.369. The minimum absolute atomic E-state index is 0.0253. The number of amides is 1. The summed E-state index contributed by atoms with van der Waals surface area (Å²) in [5, 5.41) is 44.6. The van der Waals surface area contributed by atoms with Crippen molar-refractivity contribution in [3.63, 3.8) is 0 Å². The number of allylic oxidation sites excluding steroid dienone is 2. The summed E-state index contributed by atoms with van der Waals surface area (Å²) in [5.41, 5.74) is 4.40. The second-order valence-corrected chi connectivity index (χ2v) is 11.0. The number of piperidine rings is 1. The van der Waals surface area contributed by atoms with Gasteiger partial charge in [-0.2, -0.15) is 0 Å². The molecule has 3 aliphatic carbocycles. The Labute approximate surface area is 224 Å². The van der Waals surface area contributed by atoms with Crippen LogP contribution >= 0.6 is 0 Å². The van der Waals surface area contributed by atoms with E-state index in [-0.39, 0.29) is 36.1 Å². The van der Waals surface area contributed by atoms with Gasteiger partial charge in [0.25, 0.3) is 5.91 Å². The Hall–Kier alpha value is -3.89. The van der Waals surface area contributed by atoms with Crippen molar-refractivity contribution >= 4 is 17.5 Å². The molecule has 2 aromatic rings. The van der Waals surface area contributed by atoms with Crippen molar-refractivity contribution in [1.29, 1.82) is 0 Å². The summed E-state index contributed by atoms with van der Waals surface area (Å²) in [5.74, 6) is -6.28. The van der Waals surface area contributed by atoms with Gasteiger partial charge >= 0.3 is 0 Å². The molecule has 1 aliphatic heterocycles. The van der Waals surface area contributed by atoms with Crippen LogP contribution in [0.25, 0.3) is 11.1 Å². The third-order valence-corrected chi connectivity index (χ3v) is 8.82. The second-order valence-electron chi connectivity index (χ2n) is 11.0. The fraction of sp³-hybridized carbons (Fsp3) is 0.414. The Bertz CT molecular complexity index is 1460.